The molecule has 2 aromatic rings. The van der Waals surface area contributed by atoms with Gasteiger partial charge in [0.25, 0.3) is 0 Å². The van der Waals surface area contributed by atoms with Gasteiger partial charge < -0.3 is 10.1 Å². The molecule has 0 aliphatic carbocycles. The fraction of sp³-hybridized carbons (Fsp3) is 0.389. The Kier molecular flexibility index (Phi) is 6.38. The molecule has 1 N–H and O–H groups in total. The molecule has 0 spiro atoms. The number of aromatic nitrogens is 1. The Labute approximate surface area is 127 Å². The van der Waals surface area contributed by atoms with E-state index in [1.165, 1.54) is 5.56 Å². The second-order valence-electron chi connectivity index (χ2n) is 5.00. The molecule has 2 rings (SSSR count). The lowest BCUT2D eigenvalue weighted by atomic mass is 9.96. The Morgan fingerprint density at radius 1 is 1.05 bits per heavy atom. The molecule has 0 bridgehead atoms. The van der Waals surface area contributed by atoms with Gasteiger partial charge in [-0.15, -0.1) is 0 Å². The second kappa shape index (κ2) is 8.55. The van der Waals surface area contributed by atoms with Crippen molar-refractivity contribution >= 4 is 0 Å². The number of nitrogens with zero attached hydrogens (tertiary/aromatic N) is 1. The van der Waals surface area contributed by atoms with Gasteiger partial charge in [0.2, 0.25) is 0 Å². The molecule has 0 aliphatic heterocycles. The quantitative estimate of drug-likeness (QED) is 0.798. The smallest absolute Gasteiger partial charge is 0.102 e. The largest absolute Gasteiger partial charge is 0.372 e. The number of nitrogens with one attached hydrogen (secondary N) is 1. The number of pyridine rings is 1. The molecule has 3 nitrogen and oxygen atoms in total. The van der Waals surface area contributed by atoms with Gasteiger partial charge in [0, 0.05) is 19.0 Å². The van der Waals surface area contributed by atoms with Crippen LogP contribution in [0.15, 0.2) is 54.9 Å². The Hall–Kier alpha value is -1.71. The number of hydrogen-bond acceptors (Lipinski definition) is 3. The summed E-state index contributed by atoms with van der Waals surface area (Å²) < 4.78 is 6.05. The summed E-state index contributed by atoms with van der Waals surface area (Å²) >= 11 is 0. The first kappa shape index (κ1) is 15.7. The zero-order chi connectivity index (χ0) is 14.9. The van der Waals surface area contributed by atoms with Crippen LogP contribution in [-0.4, -0.2) is 18.1 Å². The van der Waals surface area contributed by atoms with Crippen molar-refractivity contribution < 1.29 is 4.74 Å². The van der Waals surface area contributed by atoms with Crippen molar-refractivity contribution in [1.82, 2.24) is 10.3 Å². The molecule has 0 amide bonds. The lowest BCUT2D eigenvalue weighted by Gasteiger charge is -2.28. The van der Waals surface area contributed by atoms with Crippen LogP contribution in [0.25, 0.3) is 0 Å². The number of hydrogen-bond donors (Lipinski definition) is 1. The van der Waals surface area contributed by atoms with Crippen LogP contribution < -0.4 is 5.32 Å². The molecule has 1 heterocycles. The van der Waals surface area contributed by atoms with E-state index < -0.39 is 0 Å². The van der Waals surface area contributed by atoms with Gasteiger partial charge >= 0.3 is 0 Å². The first-order chi connectivity index (χ1) is 10.4. The molecule has 0 radical (unpaired) electrons. The van der Waals surface area contributed by atoms with Gasteiger partial charge in [-0.2, -0.15) is 0 Å². The summed E-state index contributed by atoms with van der Waals surface area (Å²) in [5.41, 5.74) is 2.35. The third-order valence-corrected chi connectivity index (χ3v) is 3.43. The van der Waals surface area contributed by atoms with Gasteiger partial charge in [-0.3, -0.25) is 4.98 Å². The predicted octanol–water partition coefficient (Wildman–Crippen LogP) is 3.90. The third-order valence-electron chi connectivity index (χ3n) is 3.43. The van der Waals surface area contributed by atoms with E-state index in [4.69, 9.17) is 4.74 Å². The fourth-order valence-electron chi connectivity index (χ4n) is 2.47. The first-order valence-electron chi connectivity index (χ1n) is 7.66. The molecule has 3 heteroatoms. The Morgan fingerprint density at radius 2 is 1.81 bits per heavy atom. The number of ether oxygens (including phenoxy) is 1. The summed E-state index contributed by atoms with van der Waals surface area (Å²) in [7, 11) is 0. The molecule has 2 atom stereocenters. The molecule has 0 saturated carbocycles. The van der Waals surface area contributed by atoms with Crippen molar-refractivity contribution in [3.63, 3.8) is 0 Å². The maximum atomic E-state index is 6.05. The minimum Gasteiger partial charge on any atom is -0.372 e. The molecule has 1 aromatic heterocycles. The molecule has 21 heavy (non-hydrogen) atoms. The second-order valence-corrected chi connectivity index (χ2v) is 5.00. The van der Waals surface area contributed by atoms with Crippen LogP contribution in [0, 0.1) is 0 Å². The highest BCUT2D eigenvalue weighted by atomic mass is 16.5. The average molecular weight is 284 g/mol. The molecule has 2 unspecified atom stereocenters. The molecular weight excluding hydrogens is 260 g/mol. The lowest BCUT2D eigenvalue weighted by Crippen LogP contribution is -2.29. The summed E-state index contributed by atoms with van der Waals surface area (Å²) in [6.45, 7) is 5.85. The predicted molar refractivity (Wildman–Crippen MR) is 86.1 cm³/mol. The van der Waals surface area contributed by atoms with Crippen LogP contribution in [0.5, 0.6) is 0 Å². The van der Waals surface area contributed by atoms with Gasteiger partial charge in [-0.1, -0.05) is 43.3 Å². The van der Waals surface area contributed by atoms with E-state index in [0.717, 1.165) is 18.5 Å². The topological polar surface area (TPSA) is 34.2 Å². The lowest BCUT2D eigenvalue weighted by molar-refractivity contribution is 0.0326. The van der Waals surface area contributed by atoms with E-state index >= 15 is 0 Å². The van der Waals surface area contributed by atoms with Crippen molar-refractivity contribution in [2.45, 2.75) is 32.4 Å². The van der Waals surface area contributed by atoms with E-state index in [9.17, 15) is 0 Å². The van der Waals surface area contributed by atoms with Crippen LogP contribution in [0.4, 0.5) is 0 Å². The highest BCUT2D eigenvalue weighted by Crippen LogP contribution is 2.31. The van der Waals surface area contributed by atoms with E-state index in [2.05, 4.69) is 47.6 Å². The molecule has 1 aromatic carbocycles. The molecule has 0 aliphatic rings. The molecular formula is C18H24N2O. The third kappa shape index (κ3) is 4.38. The van der Waals surface area contributed by atoms with Crippen LogP contribution in [0.1, 0.15) is 43.5 Å². The highest BCUT2D eigenvalue weighted by molar-refractivity contribution is 5.24. The van der Waals surface area contributed by atoms with Crippen LogP contribution in [0.3, 0.4) is 0 Å². The molecule has 112 valence electrons. The standard InChI is InChI=1S/C18H24N2O/c1-3-12-20-17(16-11-8-13-19-14-16)18(21-4-2)15-9-6-5-7-10-15/h5-11,13-14,17-18,20H,3-4,12H2,1-2H3. The summed E-state index contributed by atoms with van der Waals surface area (Å²) in [4.78, 5) is 4.25. The molecule has 0 fully saturated rings. The number of rotatable bonds is 8. The Morgan fingerprint density at radius 3 is 2.43 bits per heavy atom. The maximum Gasteiger partial charge on any atom is 0.102 e. The monoisotopic (exact) mass is 284 g/mol. The van der Waals surface area contributed by atoms with Gasteiger partial charge in [-0.25, -0.2) is 0 Å². The Balaban J connectivity index is 2.31. The zero-order valence-corrected chi connectivity index (χ0v) is 12.8. The van der Waals surface area contributed by atoms with E-state index in [-0.39, 0.29) is 12.1 Å². The van der Waals surface area contributed by atoms with Crippen LogP contribution in [0.2, 0.25) is 0 Å². The minimum atomic E-state index is -0.00745. The van der Waals surface area contributed by atoms with Crippen LogP contribution >= 0.6 is 0 Å². The van der Waals surface area contributed by atoms with Crippen LogP contribution in [-0.2, 0) is 4.74 Å². The zero-order valence-electron chi connectivity index (χ0n) is 12.8. The summed E-state index contributed by atoms with van der Waals surface area (Å²) in [6.07, 6.45) is 4.80. The first-order valence-corrected chi connectivity index (χ1v) is 7.66. The molecule has 0 saturated heterocycles. The normalized spacial score (nSPS) is 13.8. The van der Waals surface area contributed by atoms with Crippen molar-refractivity contribution in [1.29, 1.82) is 0 Å². The SMILES string of the molecule is CCCNC(c1cccnc1)C(OCC)c1ccccc1. The van der Waals surface area contributed by atoms with Crippen molar-refractivity contribution in [2.24, 2.45) is 0 Å². The fourth-order valence-corrected chi connectivity index (χ4v) is 2.47. The minimum absolute atomic E-state index is 0.00745. The highest BCUT2D eigenvalue weighted by Gasteiger charge is 2.24. The maximum absolute atomic E-state index is 6.05. The van der Waals surface area contributed by atoms with E-state index in [1.807, 2.05) is 25.3 Å². The number of benzene rings is 1. The Bertz CT molecular complexity index is 501. The van der Waals surface area contributed by atoms with Gasteiger partial charge in [-0.05, 0) is 37.1 Å². The summed E-state index contributed by atoms with van der Waals surface area (Å²) in [6, 6.07) is 14.6. The van der Waals surface area contributed by atoms with E-state index in [1.54, 1.807) is 6.20 Å². The van der Waals surface area contributed by atoms with Crippen molar-refractivity contribution in [2.75, 3.05) is 13.2 Å². The van der Waals surface area contributed by atoms with Crippen molar-refractivity contribution in [3.8, 4) is 0 Å². The van der Waals surface area contributed by atoms with Gasteiger partial charge in [0.1, 0.15) is 6.10 Å². The van der Waals surface area contributed by atoms with E-state index in [0.29, 0.717) is 6.61 Å². The van der Waals surface area contributed by atoms with Crippen molar-refractivity contribution in [3.05, 3.63) is 66.0 Å². The van der Waals surface area contributed by atoms with Gasteiger partial charge in [0.15, 0.2) is 0 Å². The summed E-state index contributed by atoms with van der Waals surface area (Å²) in [5.74, 6) is 0. The van der Waals surface area contributed by atoms with Gasteiger partial charge in [0.05, 0.1) is 6.04 Å². The summed E-state index contributed by atoms with van der Waals surface area (Å²) in [5, 5.41) is 3.60. The average Bonchev–Trinajstić information content (AvgIpc) is 2.56.